The second-order valence-corrected chi connectivity index (χ2v) is 8.96. The van der Waals surface area contributed by atoms with Crippen molar-refractivity contribution >= 4 is 17.7 Å². The first kappa shape index (κ1) is 21.6. The lowest BCUT2D eigenvalue weighted by atomic mass is 9.96. The van der Waals surface area contributed by atoms with E-state index in [-0.39, 0.29) is 11.8 Å². The first-order valence-electron chi connectivity index (χ1n) is 10.7. The van der Waals surface area contributed by atoms with E-state index in [1.54, 1.807) is 18.0 Å². The van der Waals surface area contributed by atoms with Crippen molar-refractivity contribution < 1.29 is 13.7 Å². The normalized spacial score (nSPS) is 15.3. The molecule has 0 saturated carbocycles. The van der Waals surface area contributed by atoms with E-state index in [1.165, 1.54) is 5.56 Å². The van der Waals surface area contributed by atoms with Gasteiger partial charge in [0.15, 0.2) is 0 Å². The van der Waals surface area contributed by atoms with E-state index in [9.17, 15) is 4.79 Å². The van der Waals surface area contributed by atoms with Gasteiger partial charge in [0, 0.05) is 23.8 Å². The number of likely N-dealkylation sites (tertiary alicyclic amines) is 1. The third kappa shape index (κ3) is 6.21. The third-order valence-electron chi connectivity index (χ3n) is 5.43. The van der Waals surface area contributed by atoms with E-state index in [2.05, 4.69) is 20.4 Å². The molecule has 1 N–H and O–H groups in total. The quantitative estimate of drug-likeness (QED) is 0.505. The predicted molar refractivity (Wildman–Crippen MR) is 120 cm³/mol. The van der Waals surface area contributed by atoms with Gasteiger partial charge >= 0.3 is 0 Å². The van der Waals surface area contributed by atoms with Crippen molar-refractivity contribution in [2.75, 3.05) is 25.4 Å². The van der Waals surface area contributed by atoms with Gasteiger partial charge in [-0.1, -0.05) is 28.9 Å². The number of nitrogens with zero attached hydrogens (tertiary/aromatic N) is 3. The Kier molecular flexibility index (Phi) is 7.43. The summed E-state index contributed by atoms with van der Waals surface area (Å²) in [4.78, 5) is 19.3. The second kappa shape index (κ2) is 10.6. The molecule has 0 aliphatic carbocycles. The second-order valence-electron chi connectivity index (χ2n) is 7.85. The summed E-state index contributed by atoms with van der Waals surface area (Å²) in [5, 5.41) is 7.19. The summed E-state index contributed by atoms with van der Waals surface area (Å²) in [5.41, 5.74) is 2.13. The molecule has 1 aliphatic rings. The van der Waals surface area contributed by atoms with Crippen molar-refractivity contribution in [3.8, 4) is 11.4 Å². The summed E-state index contributed by atoms with van der Waals surface area (Å²) in [5.74, 6) is 4.17. The Morgan fingerprint density at radius 2 is 2.13 bits per heavy atom. The fourth-order valence-electron chi connectivity index (χ4n) is 3.72. The van der Waals surface area contributed by atoms with E-state index >= 15 is 0 Å². The van der Waals surface area contributed by atoms with Crippen molar-refractivity contribution in [2.45, 2.75) is 32.1 Å². The van der Waals surface area contributed by atoms with Crippen molar-refractivity contribution in [1.29, 1.82) is 0 Å². The highest BCUT2D eigenvalue weighted by molar-refractivity contribution is 7.98. The van der Waals surface area contributed by atoms with E-state index in [4.69, 9.17) is 8.94 Å². The topological polar surface area (TPSA) is 84.4 Å². The standard InChI is InChI=1S/C23H28N4O3S/c1-17-4-2-5-19(14-17)22-25-21(30-26-22)15-27-10-7-18(8-11-27)23(28)24-9-13-31-16-20-6-3-12-29-20/h2-6,12,14,18H,7-11,13,15-16H2,1H3,(H,24,28). The SMILES string of the molecule is Cc1cccc(-c2noc(CN3CCC(C(=O)NCCSCc4ccco4)CC3)n2)c1. The number of benzene rings is 1. The number of aromatic nitrogens is 2. The van der Waals surface area contributed by atoms with Crippen molar-refractivity contribution in [3.05, 3.63) is 59.9 Å². The highest BCUT2D eigenvalue weighted by Gasteiger charge is 2.25. The largest absolute Gasteiger partial charge is 0.468 e. The zero-order valence-electron chi connectivity index (χ0n) is 17.8. The molecule has 0 bridgehead atoms. The number of nitrogens with one attached hydrogen (secondary N) is 1. The first-order chi connectivity index (χ1) is 15.2. The number of carbonyl (C=O) groups is 1. The molecule has 1 fully saturated rings. The van der Waals surface area contributed by atoms with E-state index < -0.39 is 0 Å². The lowest BCUT2D eigenvalue weighted by molar-refractivity contribution is -0.126. The molecule has 7 nitrogen and oxygen atoms in total. The minimum atomic E-state index is 0.0804. The Morgan fingerprint density at radius 1 is 1.26 bits per heavy atom. The van der Waals surface area contributed by atoms with Crippen LogP contribution in [0.3, 0.4) is 0 Å². The van der Waals surface area contributed by atoms with Gasteiger partial charge < -0.3 is 14.3 Å². The van der Waals surface area contributed by atoms with Crippen LogP contribution in [-0.2, 0) is 17.1 Å². The molecule has 0 atom stereocenters. The number of hydrogen-bond donors (Lipinski definition) is 1. The molecule has 3 aromatic rings. The monoisotopic (exact) mass is 440 g/mol. The van der Waals surface area contributed by atoms with Crippen molar-refractivity contribution in [3.63, 3.8) is 0 Å². The zero-order chi connectivity index (χ0) is 21.5. The van der Waals surface area contributed by atoms with Gasteiger partial charge in [-0.15, -0.1) is 0 Å². The van der Waals surface area contributed by atoms with Crippen LogP contribution in [-0.4, -0.2) is 46.3 Å². The molecule has 0 radical (unpaired) electrons. The van der Waals surface area contributed by atoms with Gasteiger partial charge in [-0.25, -0.2) is 0 Å². The van der Waals surface area contributed by atoms with E-state index in [0.29, 0.717) is 24.8 Å². The lowest BCUT2D eigenvalue weighted by Crippen LogP contribution is -2.40. The summed E-state index contributed by atoms with van der Waals surface area (Å²) in [6.07, 6.45) is 3.39. The van der Waals surface area contributed by atoms with Gasteiger partial charge in [-0.2, -0.15) is 16.7 Å². The Morgan fingerprint density at radius 3 is 2.90 bits per heavy atom. The van der Waals surface area contributed by atoms with Gasteiger partial charge in [0.25, 0.3) is 0 Å². The number of thioether (sulfide) groups is 1. The van der Waals surface area contributed by atoms with Crippen LogP contribution >= 0.6 is 11.8 Å². The number of aryl methyl sites for hydroxylation is 1. The number of amides is 1. The molecule has 31 heavy (non-hydrogen) atoms. The molecule has 3 heterocycles. The Balaban J connectivity index is 1.15. The molecular formula is C23H28N4O3S. The number of piperidine rings is 1. The van der Waals surface area contributed by atoms with Crippen LogP contribution in [0.2, 0.25) is 0 Å². The maximum Gasteiger partial charge on any atom is 0.241 e. The number of furan rings is 1. The fourth-order valence-corrected chi connectivity index (χ4v) is 4.48. The summed E-state index contributed by atoms with van der Waals surface area (Å²) in [7, 11) is 0. The van der Waals surface area contributed by atoms with Crippen molar-refractivity contribution in [2.24, 2.45) is 5.92 Å². The van der Waals surface area contributed by atoms with Gasteiger partial charge in [0.2, 0.25) is 17.6 Å². The van der Waals surface area contributed by atoms with Crippen LogP contribution in [0, 0.1) is 12.8 Å². The third-order valence-corrected chi connectivity index (χ3v) is 6.41. The maximum atomic E-state index is 12.4. The van der Waals surface area contributed by atoms with Crippen molar-refractivity contribution in [1.82, 2.24) is 20.4 Å². The molecule has 2 aromatic heterocycles. The smallest absolute Gasteiger partial charge is 0.241 e. The Bertz CT molecular complexity index is 965. The number of rotatable bonds is 9. The highest BCUT2D eigenvalue weighted by Crippen LogP contribution is 2.21. The molecule has 0 unspecified atom stereocenters. The highest BCUT2D eigenvalue weighted by atomic mass is 32.2. The molecule has 4 rings (SSSR count). The minimum absolute atomic E-state index is 0.0804. The maximum absolute atomic E-state index is 12.4. The van der Waals surface area contributed by atoms with Gasteiger partial charge in [-0.3, -0.25) is 9.69 Å². The fraction of sp³-hybridized carbons (Fsp3) is 0.435. The Hall–Kier alpha value is -2.58. The average molecular weight is 441 g/mol. The molecule has 164 valence electrons. The summed E-state index contributed by atoms with van der Waals surface area (Å²) >= 11 is 1.76. The van der Waals surface area contributed by atoms with Crippen LogP contribution in [0.25, 0.3) is 11.4 Å². The molecule has 1 saturated heterocycles. The average Bonchev–Trinajstić information content (AvgIpc) is 3.46. The number of hydrogen-bond acceptors (Lipinski definition) is 7. The van der Waals surface area contributed by atoms with Gasteiger partial charge in [-0.05, 0) is 51.1 Å². The van der Waals surface area contributed by atoms with E-state index in [0.717, 1.165) is 48.8 Å². The lowest BCUT2D eigenvalue weighted by Gasteiger charge is -2.30. The predicted octanol–water partition coefficient (Wildman–Crippen LogP) is 3.90. The molecular weight excluding hydrogens is 412 g/mol. The molecule has 1 aliphatic heterocycles. The van der Waals surface area contributed by atoms with E-state index in [1.807, 2.05) is 43.3 Å². The summed E-state index contributed by atoms with van der Waals surface area (Å²) < 4.78 is 10.8. The first-order valence-corrected chi connectivity index (χ1v) is 11.8. The minimum Gasteiger partial charge on any atom is -0.468 e. The number of carbonyl (C=O) groups excluding carboxylic acids is 1. The van der Waals surface area contributed by atoms with Crippen LogP contribution in [0.1, 0.15) is 30.1 Å². The zero-order valence-corrected chi connectivity index (χ0v) is 18.6. The van der Waals surface area contributed by atoms with Gasteiger partial charge in [0.1, 0.15) is 5.76 Å². The van der Waals surface area contributed by atoms with Crippen LogP contribution in [0.15, 0.2) is 51.6 Å². The summed E-state index contributed by atoms with van der Waals surface area (Å²) in [6, 6.07) is 11.9. The molecule has 1 amide bonds. The molecule has 1 aromatic carbocycles. The Labute approximate surface area is 186 Å². The van der Waals surface area contributed by atoms with Crippen LogP contribution in [0.5, 0.6) is 0 Å². The van der Waals surface area contributed by atoms with Crippen LogP contribution in [0.4, 0.5) is 0 Å². The van der Waals surface area contributed by atoms with Gasteiger partial charge in [0.05, 0.1) is 18.6 Å². The molecule has 0 spiro atoms. The molecule has 8 heteroatoms. The van der Waals surface area contributed by atoms with Crippen LogP contribution < -0.4 is 5.32 Å². The summed E-state index contributed by atoms with van der Waals surface area (Å²) in [6.45, 7) is 5.07.